The van der Waals surface area contributed by atoms with E-state index >= 15 is 0 Å². The maximum absolute atomic E-state index is 10.2. The summed E-state index contributed by atoms with van der Waals surface area (Å²) in [6, 6.07) is 0. The average molecular weight is 204 g/mol. The van der Waals surface area contributed by atoms with Crippen LogP contribution in [0.3, 0.4) is 0 Å². The van der Waals surface area contributed by atoms with Crippen molar-refractivity contribution in [1.82, 2.24) is 0 Å². The van der Waals surface area contributed by atoms with E-state index in [9.17, 15) is 4.79 Å². The molecular weight excluding hydrogens is 188 g/mol. The lowest BCUT2D eigenvalue weighted by molar-refractivity contribution is -0.137. The Morgan fingerprint density at radius 3 is 2.77 bits per heavy atom. The lowest BCUT2D eigenvalue weighted by Crippen LogP contribution is -2.17. The largest absolute Gasteiger partial charge is 0.481 e. The number of carboxylic acid groups (broad SMARTS) is 1. The monoisotopic (exact) mass is 204 g/mol. The fourth-order valence-corrected chi connectivity index (χ4v) is 2.49. The summed E-state index contributed by atoms with van der Waals surface area (Å²) in [5, 5.41) is 9.12. The lowest BCUT2D eigenvalue weighted by Gasteiger charge is -2.21. The van der Waals surface area contributed by atoms with E-state index in [1.165, 1.54) is 0 Å². The van der Waals surface area contributed by atoms with Gasteiger partial charge in [0.15, 0.2) is 0 Å². The van der Waals surface area contributed by atoms with Gasteiger partial charge < -0.3 is 9.84 Å². The standard InChI is InChI=1S/C9H16O3S/c10-9(11)2-1-7-13-8-3-5-12-6-4-8/h8H,1-7H2,(H,10,11). The molecule has 1 aliphatic heterocycles. The van der Waals surface area contributed by atoms with Gasteiger partial charge in [-0.15, -0.1) is 0 Å². The number of hydrogen-bond acceptors (Lipinski definition) is 3. The Bertz CT molecular complexity index is 155. The molecule has 3 nitrogen and oxygen atoms in total. The minimum atomic E-state index is -0.687. The third-order valence-electron chi connectivity index (χ3n) is 2.06. The first kappa shape index (κ1) is 10.9. The molecule has 1 aliphatic rings. The second-order valence-electron chi connectivity index (χ2n) is 3.18. The number of aliphatic carboxylic acids is 1. The van der Waals surface area contributed by atoms with Crippen LogP contribution in [0.15, 0.2) is 0 Å². The van der Waals surface area contributed by atoms with Gasteiger partial charge in [-0.1, -0.05) is 0 Å². The first-order valence-corrected chi connectivity index (χ1v) is 5.75. The maximum atomic E-state index is 10.2. The molecule has 1 rings (SSSR count). The summed E-state index contributed by atoms with van der Waals surface area (Å²) in [6.07, 6.45) is 3.34. The second kappa shape index (κ2) is 6.27. The van der Waals surface area contributed by atoms with Crippen molar-refractivity contribution in [3.05, 3.63) is 0 Å². The van der Waals surface area contributed by atoms with Crippen molar-refractivity contribution in [2.24, 2.45) is 0 Å². The predicted octanol–water partition coefficient (Wildman–Crippen LogP) is 1.76. The molecule has 1 saturated heterocycles. The molecule has 13 heavy (non-hydrogen) atoms. The molecule has 0 amide bonds. The van der Waals surface area contributed by atoms with Gasteiger partial charge in [-0.05, 0) is 25.0 Å². The Morgan fingerprint density at radius 2 is 2.15 bits per heavy atom. The van der Waals surface area contributed by atoms with Crippen LogP contribution in [0.4, 0.5) is 0 Å². The van der Waals surface area contributed by atoms with Gasteiger partial charge in [0, 0.05) is 24.9 Å². The second-order valence-corrected chi connectivity index (χ2v) is 4.59. The Morgan fingerprint density at radius 1 is 1.46 bits per heavy atom. The van der Waals surface area contributed by atoms with E-state index < -0.39 is 5.97 Å². The predicted molar refractivity (Wildman–Crippen MR) is 53.2 cm³/mol. The van der Waals surface area contributed by atoms with Crippen LogP contribution in [-0.2, 0) is 9.53 Å². The summed E-state index contributed by atoms with van der Waals surface area (Å²) < 4.78 is 5.24. The molecule has 1 heterocycles. The first-order chi connectivity index (χ1) is 6.29. The smallest absolute Gasteiger partial charge is 0.303 e. The van der Waals surface area contributed by atoms with Crippen LogP contribution in [0.1, 0.15) is 25.7 Å². The highest BCUT2D eigenvalue weighted by Gasteiger charge is 2.13. The van der Waals surface area contributed by atoms with Gasteiger partial charge in [-0.2, -0.15) is 11.8 Å². The van der Waals surface area contributed by atoms with E-state index in [-0.39, 0.29) is 0 Å². The van der Waals surface area contributed by atoms with Gasteiger partial charge in [0.2, 0.25) is 0 Å². The summed E-state index contributed by atoms with van der Waals surface area (Å²) in [6.45, 7) is 1.74. The molecule has 0 aromatic carbocycles. The Balaban J connectivity index is 1.95. The third kappa shape index (κ3) is 5.16. The van der Waals surface area contributed by atoms with Gasteiger partial charge in [-0.25, -0.2) is 0 Å². The van der Waals surface area contributed by atoms with Crippen LogP contribution >= 0.6 is 11.8 Å². The van der Waals surface area contributed by atoms with E-state index in [2.05, 4.69) is 0 Å². The number of hydrogen-bond donors (Lipinski definition) is 1. The highest BCUT2D eigenvalue weighted by Crippen LogP contribution is 2.22. The molecular formula is C9H16O3S. The average Bonchev–Trinajstić information content (AvgIpc) is 2.14. The SMILES string of the molecule is O=C(O)CCCSC1CCOCC1. The first-order valence-electron chi connectivity index (χ1n) is 4.70. The molecule has 76 valence electrons. The summed E-state index contributed by atoms with van der Waals surface area (Å²) in [5.41, 5.74) is 0. The van der Waals surface area contributed by atoms with Gasteiger partial charge in [-0.3, -0.25) is 4.79 Å². The van der Waals surface area contributed by atoms with E-state index in [0.717, 1.165) is 38.2 Å². The Hall–Kier alpha value is -0.220. The fourth-order valence-electron chi connectivity index (χ4n) is 1.32. The molecule has 0 aromatic heterocycles. The van der Waals surface area contributed by atoms with Crippen molar-refractivity contribution < 1.29 is 14.6 Å². The zero-order chi connectivity index (χ0) is 9.52. The van der Waals surface area contributed by atoms with Crippen LogP contribution in [0.25, 0.3) is 0 Å². The van der Waals surface area contributed by atoms with Crippen LogP contribution in [0.2, 0.25) is 0 Å². The van der Waals surface area contributed by atoms with Gasteiger partial charge in [0.05, 0.1) is 0 Å². The molecule has 1 N–H and O–H groups in total. The molecule has 0 unspecified atom stereocenters. The number of ether oxygens (including phenoxy) is 1. The molecule has 1 fully saturated rings. The minimum absolute atomic E-state index is 0.302. The number of carbonyl (C=O) groups is 1. The molecule has 0 bridgehead atoms. The van der Waals surface area contributed by atoms with Crippen molar-refractivity contribution in [3.63, 3.8) is 0 Å². The van der Waals surface area contributed by atoms with Crippen LogP contribution in [-0.4, -0.2) is 35.3 Å². The van der Waals surface area contributed by atoms with Crippen molar-refractivity contribution in [1.29, 1.82) is 0 Å². The lowest BCUT2D eigenvalue weighted by atomic mass is 10.2. The van der Waals surface area contributed by atoms with Crippen molar-refractivity contribution in [2.45, 2.75) is 30.9 Å². The third-order valence-corrected chi connectivity index (χ3v) is 3.52. The number of thioether (sulfide) groups is 1. The topological polar surface area (TPSA) is 46.5 Å². The highest BCUT2D eigenvalue weighted by atomic mass is 32.2. The normalized spacial score (nSPS) is 18.8. The Labute approximate surface area is 82.8 Å². The van der Waals surface area contributed by atoms with Crippen LogP contribution < -0.4 is 0 Å². The van der Waals surface area contributed by atoms with Gasteiger partial charge in [0.25, 0.3) is 0 Å². The highest BCUT2D eigenvalue weighted by molar-refractivity contribution is 7.99. The molecule has 0 spiro atoms. The number of rotatable bonds is 5. The Kier molecular flexibility index (Phi) is 5.23. The summed E-state index contributed by atoms with van der Waals surface area (Å²) in [4.78, 5) is 10.2. The molecule has 0 saturated carbocycles. The van der Waals surface area contributed by atoms with Crippen LogP contribution in [0.5, 0.6) is 0 Å². The van der Waals surface area contributed by atoms with Crippen LogP contribution in [0, 0.1) is 0 Å². The summed E-state index contributed by atoms with van der Waals surface area (Å²) >= 11 is 1.90. The van der Waals surface area contributed by atoms with Crippen molar-refractivity contribution in [2.75, 3.05) is 19.0 Å². The molecule has 0 atom stereocenters. The van der Waals surface area contributed by atoms with Gasteiger partial charge in [0.1, 0.15) is 0 Å². The molecule has 0 aromatic rings. The fraction of sp³-hybridized carbons (Fsp3) is 0.889. The zero-order valence-electron chi connectivity index (χ0n) is 7.70. The van der Waals surface area contributed by atoms with E-state index in [1.54, 1.807) is 0 Å². The quantitative estimate of drug-likeness (QED) is 0.693. The van der Waals surface area contributed by atoms with Crippen molar-refractivity contribution >= 4 is 17.7 Å². The molecule has 0 aliphatic carbocycles. The molecule has 4 heteroatoms. The van der Waals surface area contributed by atoms with E-state index in [1.807, 2.05) is 11.8 Å². The summed E-state index contributed by atoms with van der Waals surface area (Å²) in [7, 11) is 0. The van der Waals surface area contributed by atoms with E-state index in [0.29, 0.717) is 11.7 Å². The van der Waals surface area contributed by atoms with Crippen molar-refractivity contribution in [3.8, 4) is 0 Å². The molecule has 0 radical (unpaired) electrons. The minimum Gasteiger partial charge on any atom is -0.481 e. The number of carboxylic acids is 1. The summed E-state index contributed by atoms with van der Waals surface area (Å²) in [5.74, 6) is 0.282. The van der Waals surface area contributed by atoms with E-state index in [4.69, 9.17) is 9.84 Å². The maximum Gasteiger partial charge on any atom is 0.303 e. The zero-order valence-corrected chi connectivity index (χ0v) is 8.52. The van der Waals surface area contributed by atoms with Gasteiger partial charge >= 0.3 is 5.97 Å².